The molecule has 0 radical (unpaired) electrons. The first kappa shape index (κ1) is 10.8. The zero-order valence-corrected chi connectivity index (χ0v) is 7.50. The summed E-state index contributed by atoms with van der Waals surface area (Å²) >= 11 is 0. The average molecular weight is 184 g/mol. The third-order valence-corrected chi connectivity index (χ3v) is 2.24. The molecule has 11 heavy (non-hydrogen) atoms. The van der Waals surface area contributed by atoms with Crippen molar-refractivity contribution in [3.63, 3.8) is 0 Å². The van der Waals surface area contributed by atoms with Crippen LogP contribution >= 0.6 is 0 Å². The second-order valence-corrected chi connectivity index (χ2v) is 4.52. The molecule has 0 saturated heterocycles. The molecule has 68 valence electrons. The summed E-state index contributed by atoms with van der Waals surface area (Å²) < 4.78 is 29.3. The van der Waals surface area contributed by atoms with Crippen molar-refractivity contribution in [3.8, 4) is 0 Å². The molecule has 0 bridgehead atoms. The molecular formula is C5H14NO4S+. The largest absolute Gasteiger partial charge is 0.391 e. The monoisotopic (exact) mass is 184 g/mol. The standard InChI is InChI=1S/C5H13NO4S/c1-6(2,3-4-7)5-11(8,9)10/h7H,3-5H2,1-2H3/p+1. The van der Waals surface area contributed by atoms with Gasteiger partial charge in [0.1, 0.15) is 6.54 Å². The van der Waals surface area contributed by atoms with E-state index in [1.54, 1.807) is 14.1 Å². The van der Waals surface area contributed by atoms with Crippen molar-refractivity contribution in [2.45, 2.75) is 0 Å². The molecule has 0 saturated carbocycles. The van der Waals surface area contributed by atoms with Crippen LogP contribution in [-0.4, -0.2) is 55.7 Å². The molecule has 0 unspecified atom stereocenters. The van der Waals surface area contributed by atoms with E-state index >= 15 is 0 Å². The maximum Gasteiger partial charge on any atom is 0.316 e. The molecular weight excluding hydrogens is 170 g/mol. The first-order valence-electron chi connectivity index (χ1n) is 3.15. The molecule has 0 heterocycles. The molecule has 0 rings (SSSR count). The summed E-state index contributed by atoms with van der Waals surface area (Å²) in [6.45, 7) is 0.211. The molecule has 0 spiro atoms. The summed E-state index contributed by atoms with van der Waals surface area (Å²) in [6, 6.07) is 0. The van der Waals surface area contributed by atoms with Gasteiger partial charge in [-0.1, -0.05) is 0 Å². The van der Waals surface area contributed by atoms with Crippen molar-refractivity contribution in [1.29, 1.82) is 0 Å². The Labute approximate surface area is 66.6 Å². The first-order chi connectivity index (χ1) is 4.77. The molecule has 0 aliphatic heterocycles. The molecule has 0 aromatic carbocycles. The molecule has 0 fully saturated rings. The smallest absolute Gasteiger partial charge is 0.316 e. The van der Waals surface area contributed by atoms with Crippen molar-refractivity contribution >= 4 is 10.1 Å². The van der Waals surface area contributed by atoms with Crippen LogP contribution in [0.25, 0.3) is 0 Å². The van der Waals surface area contributed by atoms with E-state index in [9.17, 15) is 8.42 Å². The average Bonchev–Trinajstić information content (AvgIpc) is 1.55. The van der Waals surface area contributed by atoms with Crippen LogP contribution in [0.1, 0.15) is 0 Å². The van der Waals surface area contributed by atoms with Gasteiger partial charge in [-0.05, 0) is 0 Å². The molecule has 6 heteroatoms. The second kappa shape index (κ2) is 3.48. The van der Waals surface area contributed by atoms with Gasteiger partial charge in [0.25, 0.3) is 0 Å². The molecule has 2 N–H and O–H groups in total. The topological polar surface area (TPSA) is 74.6 Å². The van der Waals surface area contributed by atoms with Crippen LogP contribution < -0.4 is 0 Å². The summed E-state index contributed by atoms with van der Waals surface area (Å²) in [6.07, 6.45) is 0. The van der Waals surface area contributed by atoms with Gasteiger partial charge in [0.2, 0.25) is 5.88 Å². The summed E-state index contributed by atoms with van der Waals surface area (Å²) in [5.74, 6) is -0.368. The number of hydrogen-bond acceptors (Lipinski definition) is 3. The van der Waals surface area contributed by atoms with Gasteiger partial charge in [-0.25, -0.2) is 0 Å². The van der Waals surface area contributed by atoms with Crippen LogP contribution in [0.5, 0.6) is 0 Å². The number of aliphatic hydroxyl groups is 1. The van der Waals surface area contributed by atoms with Crippen LogP contribution in [0.4, 0.5) is 0 Å². The van der Waals surface area contributed by atoms with Gasteiger partial charge in [0.05, 0.1) is 20.7 Å². The molecule has 0 aromatic heterocycles. The normalized spacial score (nSPS) is 13.5. The van der Waals surface area contributed by atoms with Gasteiger partial charge in [-0.2, -0.15) is 8.42 Å². The Bertz CT molecular complexity index is 209. The number of quaternary nitrogens is 1. The van der Waals surface area contributed by atoms with Crippen LogP contribution in [0.15, 0.2) is 0 Å². The SMILES string of the molecule is C[N+](C)(CCO)CS(=O)(=O)O. The third-order valence-electron chi connectivity index (χ3n) is 1.22. The lowest BCUT2D eigenvalue weighted by molar-refractivity contribution is -0.879. The Morgan fingerprint density at radius 2 is 1.82 bits per heavy atom. The maximum absolute atomic E-state index is 10.4. The zero-order chi connectivity index (χ0) is 9.12. The Balaban J connectivity index is 4.13. The van der Waals surface area contributed by atoms with E-state index in [1.807, 2.05) is 0 Å². The summed E-state index contributed by atoms with van der Waals surface area (Å²) in [7, 11) is -0.713. The van der Waals surface area contributed by atoms with E-state index in [1.165, 1.54) is 0 Å². The number of aliphatic hydroxyl groups excluding tert-OH is 1. The van der Waals surface area contributed by atoms with E-state index in [4.69, 9.17) is 9.66 Å². The van der Waals surface area contributed by atoms with Crippen molar-refractivity contribution in [1.82, 2.24) is 0 Å². The highest BCUT2D eigenvalue weighted by atomic mass is 32.2. The van der Waals surface area contributed by atoms with Crippen molar-refractivity contribution < 1.29 is 22.6 Å². The van der Waals surface area contributed by atoms with Crippen LogP contribution in [0.3, 0.4) is 0 Å². The molecule has 5 nitrogen and oxygen atoms in total. The first-order valence-corrected chi connectivity index (χ1v) is 4.76. The van der Waals surface area contributed by atoms with Crippen molar-refractivity contribution in [3.05, 3.63) is 0 Å². The summed E-state index contributed by atoms with van der Waals surface area (Å²) in [5.41, 5.74) is 0. The minimum Gasteiger partial charge on any atom is -0.391 e. The van der Waals surface area contributed by atoms with Gasteiger partial charge >= 0.3 is 10.1 Å². The van der Waals surface area contributed by atoms with Gasteiger partial charge in [0.15, 0.2) is 0 Å². The third kappa shape index (κ3) is 6.24. The summed E-state index contributed by atoms with van der Waals surface area (Å²) in [5, 5.41) is 8.51. The Kier molecular flexibility index (Phi) is 3.43. The van der Waals surface area contributed by atoms with E-state index in [0.717, 1.165) is 0 Å². The minimum atomic E-state index is -3.94. The minimum absolute atomic E-state index is 0.0648. The Morgan fingerprint density at radius 3 is 2.09 bits per heavy atom. The fraction of sp³-hybridized carbons (Fsp3) is 1.00. The molecule has 0 amide bonds. The second-order valence-electron chi connectivity index (χ2n) is 3.09. The van der Waals surface area contributed by atoms with E-state index in [0.29, 0.717) is 6.54 Å². The van der Waals surface area contributed by atoms with Gasteiger partial charge in [0, 0.05) is 0 Å². The van der Waals surface area contributed by atoms with Crippen molar-refractivity contribution in [2.24, 2.45) is 0 Å². The van der Waals surface area contributed by atoms with Crippen molar-refractivity contribution in [2.75, 3.05) is 33.1 Å². The lowest BCUT2D eigenvalue weighted by atomic mass is 10.5. The number of likely N-dealkylation sites (N-methyl/N-ethyl adjacent to an activating group) is 1. The predicted molar refractivity (Wildman–Crippen MR) is 40.5 cm³/mol. The fourth-order valence-corrected chi connectivity index (χ4v) is 1.79. The Morgan fingerprint density at radius 1 is 1.36 bits per heavy atom. The highest BCUT2D eigenvalue weighted by Gasteiger charge is 2.21. The Hall–Kier alpha value is -0.170. The quantitative estimate of drug-likeness (QED) is 0.429. The highest BCUT2D eigenvalue weighted by Crippen LogP contribution is 1.98. The van der Waals surface area contributed by atoms with E-state index in [2.05, 4.69) is 0 Å². The van der Waals surface area contributed by atoms with Crippen LogP contribution in [0.2, 0.25) is 0 Å². The van der Waals surface area contributed by atoms with Gasteiger partial charge in [-0.15, -0.1) is 0 Å². The van der Waals surface area contributed by atoms with Gasteiger partial charge in [-0.3, -0.25) is 4.55 Å². The number of nitrogens with zero attached hydrogens (tertiary/aromatic N) is 1. The predicted octanol–water partition coefficient (Wildman–Crippen LogP) is -1.10. The van der Waals surface area contributed by atoms with E-state index < -0.39 is 10.1 Å². The number of hydrogen-bond donors (Lipinski definition) is 2. The van der Waals surface area contributed by atoms with Gasteiger partial charge < -0.3 is 9.59 Å². The van der Waals surface area contributed by atoms with Crippen LogP contribution in [-0.2, 0) is 10.1 Å². The molecule has 0 aromatic rings. The maximum atomic E-state index is 10.4. The van der Waals surface area contributed by atoms with E-state index in [-0.39, 0.29) is 17.0 Å². The molecule has 0 atom stereocenters. The lowest BCUT2D eigenvalue weighted by Gasteiger charge is -2.26. The summed E-state index contributed by atoms with van der Waals surface area (Å²) in [4.78, 5) is 0. The zero-order valence-electron chi connectivity index (χ0n) is 6.69. The molecule has 0 aliphatic carbocycles. The van der Waals surface area contributed by atoms with Crippen LogP contribution in [0, 0.1) is 0 Å². The highest BCUT2D eigenvalue weighted by molar-refractivity contribution is 7.85. The lowest BCUT2D eigenvalue weighted by Crippen LogP contribution is -2.45. The number of rotatable bonds is 4. The molecule has 0 aliphatic rings. The fourth-order valence-electron chi connectivity index (χ4n) is 0.777.